The molecule has 1 aromatic carbocycles. The highest BCUT2D eigenvalue weighted by Crippen LogP contribution is 2.29. The summed E-state index contributed by atoms with van der Waals surface area (Å²) in [6.07, 6.45) is 1.60. The van der Waals surface area contributed by atoms with Crippen LogP contribution in [-0.4, -0.2) is 39.2 Å². The van der Waals surface area contributed by atoms with Gasteiger partial charge >= 0.3 is 0 Å². The highest BCUT2D eigenvalue weighted by Gasteiger charge is 2.12. The third-order valence-corrected chi connectivity index (χ3v) is 3.12. The normalized spacial score (nSPS) is 10.0. The molecule has 1 N–H and O–H groups in total. The molecular formula is C16H19N3O3. The van der Waals surface area contributed by atoms with Gasteiger partial charge in [-0.3, -0.25) is 4.79 Å². The van der Waals surface area contributed by atoms with E-state index in [1.54, 1.807) is 50.7 Å². The smallest absolute Gasteiger partial charge is 0.255 e. The molecule has 0 fully saturated rings. The molecule has 2 aromatic rings. The number of pyridine rings is 1. The average Bonchev–Trinajstić information content (AvgIpc) is 2.54. The number of nitrogens with zero attached hydrogens (tertiary/aromatic N) is 2. The number of ether oxygens (including phenoxy) is 2. The molecule has 0 bridgehead atoms. The molecule has 1 heterocycles. The molecule has 0 aliphatic rings. The first-order chi connectivity index (χ1) is 10.5. The number of carbonyl (C=O) groups is 1. The average molecular weight is 301 g/mol. The lowest BCUT2D eigenvalue weighted by molar-refractivity contribution is 0.102. The predicted molar refractivity (Wildman–Crippen MR) is 86.1 cm³/mol. The zero-order valence-electron chi connectivity index (χ0n) is 13.1. The summed E-state index contributed by atoms with van der Waals surface area (Å²) in [6.45, 7) is 0. The van der Waals surface area contributed by atoms with E-state index in [1.165, 1.54) is 0 Å². The second-order valence-corrected chi connectivity index (χ2v) is 4.82. The van der Waals surface area contributed by atoms with Gasteiger partial charge in [-0.15, -0.1) is 0 Å². The van der Waals surface area contributed by atoms with Crippen molar-refractivity contribution < 1.29 is 14.3 Å². The van der Waals surface area contributed by atoms with E-state index < -0.39 is 0 Å². The van der Waals surface area contributed by atoms with Crippen molar-refractivity contribution in [2.45, 2.75) is 0 Å². The maximum atomic E-state index is 12.4. The van der Waals surface area contributed by atoms with E-state index >= 15 is 0 Å². The zero-order chi connectivity index (χ0) is 16.1. The van der Waals surface area contributed by atoms with E-state index in [2.05, 4.69) is 10.3 Å². The van der Waals surface area contributed by atoms with Crippen LogP contribution in [-0.2, 0) is 0 Å². The number of anilines is 2. The van der Waals surface area contributed by atoms with E-state index in [1.807, 2.05) is 19.0 Å². The minimum absolute atomic E-state index is 0.239. The summed E-state index contributed by atoms with van der Waals surface area (Å²) in [6, 6.07) is 8.61. The molecule has 0 unspecified atom stereocenters. The third kappa shape index (κ3) is 3.46. The van der Waals surface area contributed by atoms with Gasteiger partial charge in [0.15, 0.2) is 0 Å². The molecule has 0 atom stereocenters. The summed E-state index contributed by atoms with van der Waals surface area (Å²) in [5, 5.41) is 2.83. The fraction of sp³-hybridized carbons (Fsp3) is 0.250. The second kappa shape index (κ2) is 6.80. The Kier molecular flexibility index (Phi) is 4.83. The molecule has 0 aliphatic carbocycles. The van der Waals surface area contributed by atoms with Crippen molar-refractivity contribution in [1.29, 1.82) is 0 Å². The fourth-order valence-electron chi connectivity index (χ4n) is 1.91. The number of hydrogen-bond acceptors (Lipinski definition) is 5. The van der Waals surface area contributed by atoms with Crippen molar-refractivity contribution in [3.8, 4) is 11.5 Å². The molecule has 22 heavy (non-hydrogen) atoms. The summed E-state index contributed by atoms with van der Waals surface area (Å²) < 4.78 is 10.4. The number of hydrogen-bond donors (Lipinski definition) is 1. The van der Waals surface area contributed by atoms with Crippen molar-refractivity contribution in [2.75, 3.05) is 38.5 Å². The molecule has 0 aliphatic heterocycles. The first kappa shape index (κ1) is 15.6. The molecule has 0 saturated heterocycles. The van der Waals surface area contributed by atoms with Crippen LogP contribution in [0.4, 0.5) is 11.5 Å². The summed E-state index contributed by atoms with van der Waals surface area (Å²) in [5.74, 6) is 1.68. The van der Waals surface area contributed by atoms with Crippen LogP contribution in [0.1, 0.15) is 10.4 Å². The fourth-order valence-corrected chi connectivity index (χ4v) is 1.91. The van der Waals surface area contributed by atoms with E-state index in [0.29, 0.717) is 28.6 Å². The van der Waals surface area contributed by atoms with Gasteiger partial charge in [-0.1, -0.05) is 0 Å². The topological polar surface area (TPSA) is 63.7 Å². The van der Waals surface area contributed by atoms with Gasteiger partial charge in [0.05, 0.1) is 19.9 Å². The molecule has 116 valence electrons. The highest BCUT2D eigenvalue weighted by molar-refractivity contribution is 6.05. The van der Waals surface area contributed by atoms with Crippen LogP contribution in [0.2, 0.25) is 0 Å². The Bertz CT molecular complexity index is 671. The lowest BCUT2D eigenvalue weighted by Gasteiger charge is -2.14. The molecule has 0 radical (unpaired) electrons. The van der Waals surface area contributed by atoms with Crippen molar-refractivity contribution in [3.63, 3.8) is 0 Å². The van der Waals surface area contributed by atoms with E-state index in [0.717, 1.165) is 0 Å². The number of benzene rings is 1. The molecule has 6 heteroatoms. The quantitative estimate of drug-likeness (QED) is 0.919. The van der Waals surface area contributed by atoms with Crippen molar-refractivity contribution in [2.24, 2.45) is 0 Å². The number of rotatable bonds is 5. The maximum absolute atomic E-state index is 12.4. The minimum atomic E-state index is -0.239. The molecule has 6 nitrogen and oxygen atoms in total. The van der Waals surface area contributed by atoms with Gasteiger partial charge < -0.3 is 19.7 Å². The Morgan fingerprint density at radius 3 is 2.55 bits per heavy atom. The predicted octanol–water partition coefficient (Wildman–Crippen LogP) is 2.42. The molecular weight excluding hydrogens is 282 g/mol. The van der Waals surface area contributed by atoms with Crippen LogP contribution >= 0.6 is 0 Å². The van der Waals surface area contributed by atoms with Gasteiger partial charge in [-0.25, -0.2) is 4.98 Å². The van der Waals surface area contributed by atoms with Crippen molar-refractivity contribution in [3.05, 3.63) is 42.1 Å². The second-order valence-electron chi connectivity index (χ2n) is 4.82. The summed E-state index contributed by atoms with van der Waals surface area (Å²) in [5.41, 5.74) is 1.07. The van der Waals surface area contributed by atoms with Crippen LogP contribution < -0.4 is 19.7 Å². The molecule has 1 amide bonds. The summed E-state index contributed by atoms with van der Waals surface area (Å²) in [7, 11) is 6.86. The van der Waals surface area contributed by atoms with Gasteiger partial charge in [-0.05, 0) is 24.3 Å². The molecule has 0 saturated carbocycles. The SMILES string of the molecule is COc1ccc(OC)c(NC(=O)c2ccnc(N(C)C)c2)c1. The number of nitrogens with one attached hydrogen (secondary N) is 1. The Labute approximate surface area is 129 Å². The molecule has 0 spiro atoms. The number of carbonyl (C=O) groups excluding carboxylic acids is 1. The van der Waals surface area contributed by atoms with Crippen molar-refractivity contribution >= 4 is 17.4 Å². The van der Waals surface area contributed by atoms with Gasteiger partial charge in [-0.2, -0.15) is 0 Å². The van der Waals surface area contributed by atoms with Crippen LogP contribution in [0.15, 0.2) is 36.5 Å². The van der Waals surface area contributed by atoms with Crippen LogP contribution in [0.3, 0.4) is 0 Å². The van der Waals surface area contributed by atoms with Gasteiger partial charge in [0.1, 0.15) is 17.3 Å². The maximum Gasteiger partial charge on any atom is 0.255 e. The number of methoxy groups -OCH3 is 2. The Balaban J connectivity index is 2.26. The Morgan fingerprint density at radius 2 is 1.91 bits per heavy atom. The Morgan fingerprint density at radius 1 is 1.14 bits per heavy atom. The van der Waals surface area contributed by atoms with Crippen LogP contribution in [0.5, 0.6) is 11.5 Å². The van der Waals surface area contributed by atoms with Gasteiger partial charge in [0.2, 0.25) is 0 Å². The largest absolute Gasteiger partial charge is 0.497 e. The monoisotopic (exact) mass is 301 g/mol. The zero-order valence-corrected chi connectivity index (χ0v) is 13.1. The van der Waals surface area contributed by atoms with Gasteiger partial charge in [0.25, 0.3) is 5.91 Å². The molecule has 1 aromatic heterocycles. The minimum Gasteiger partial charge on any atom is -0.497 e. The van der Waals surface area contributed by atoms with E-state index in [-0.39, 0.29) is 5.91 Å². The van der Waals surface area contributed by atoms with Crippen LogP contribution in [0, 0.1) is 0 Å². The molecule has 2 rings (SSSR count). The third-order valence-electron chi connectivity index (χ3n) is 3.12. The standard InChI is InChI=1S/C16H19N3O3/c1-19(2)15-9-11(7-8-17-15)16(20)18-13-10-12(21-3)5-6-14(13)22-4/h5-10H,1-4H3,(H,18,20). The lowest BCUT2D eigenvalue weighted by Crippen LogP contribution is -2.15. The van der Waals surface area contributed by atoms with Crippen LogP contribution in [0.25, 0.3) is 0 Å². The van der Waals surface area contributed by atoms with Gasteiger partial charge in [0, 0.05) is 31.9 Å². The summed E-state index contributed by atoms with van der Waals surface area (Å²) >= 11 is 0. The number of amides is 1. The Hall–Kier alpha value is -2.76. The van der Waals surface area contributed by atoms with Crippen molar-refractivity contribution in [1.82, 2.24) is 4.98 Å². The number of aromatic nitrogens is 1. The first-order valence-corrected chi connectivity index (χ1v) is 6.72. The van der Waals surface area contributed by atoms with E-state index in [4.69, 9.17) is 9.47 Å². The first-order valence-electron chi connectivity index (χ1n) is 6.72. The van der Waals surface area contributed by atoms with E-state index in [9.17, 15) is 4.79 Å². The summed E-state index contributed by atoms with van der Waals surface area (Å²) in [4.78, 5) is 18.4. The highest BCUT2D eigenvalue weighted by atomic mass is 16.5. The lowest BCUT2D eigenvalue weighted by atomic mass is 10.2.